The summed E-state index contributed by atoms with van der Waals surface area (Å²) in [4.78, 5) is 27.2. The van der Waals surface area contributed by atoms with Crippen molar-refractivity contribution in [1.29, 1.82) is 0 Å². The summed E-state index contributed by atoms with van der Waals surface area (Å²) in [7, 11) is 0. The molecule has 118 valence electrons. The van der Waals surface area contributed by atoms with E-state index in [1.54, 1.807) is 6.92 Å². The molecule has 2 aromatic heterocycles. The molecule has 2 heterocycles. The highest BCUT2D eigenvalue weighted by molar-refractivity contribution is 7.22. The zero-order chi connectivity index (χ0) is 16.6. The van der Waals surface area contributed by atoms with Crippen LogP contribution in [-0.4, -0.2) is 26.0 Å². The van der Waals surface area contributed by atoms with E-state index in [1.165, 1.54) is 11.3 Å². The average Bonchev–Trinajstić information content (AvgIpc) is 3.10. The highest BCUT2D eigenvalue weighted by atomic mass is 32.1. The Morgan fingerprint density at radius 2 is 2.26 bits per heavy atom. The molecule has 23 heavy (non-hydrogen) atoms. The molecule has 9 heteroatoms. The number of nitro groups is 1. The lowest BCUT2D eigenvalue weighted by atomic mass is 10.2. The number of amides is 1. The molecule has 0 saturated carbocycles. The minimum Gasteiger partial charge on any atom is -0.296 e. The Morgan fingerprint density at radius 3 is 2.91 bits per heavy atom. The Kier molecular flexibility index (Phi) is 3.78. The van der Waals surface area contributed by atoms with Crippen LogP contribution >= 0.6 is 11.3 Å². The number of aryl methyl sites for hydroxylation is 2. The van der Waals surface area contributed by atoms with Crippen LogP contribution in [0.2, 0.25) is 0 Å². The number of rotatable bonds is 4. The van der Waals surface area contributed by atoms with E-state index in [9.17, 15) is 14.9 Å². The number of aromatic nitrogens is 3. The van der Waals surface area contributed by atoms with Gasteiger partial charge in [-0.25, -0.2) is 4.98 Å². The van der Waals surface area contributed by atoms with Gasteiger partial charge in [0.2, 0.25) is 5.69 Å². The van der Waals surface area contributed by atoms with Gasteiger partial charge in [0.15, 0.2) is 5.13 Å². The molecule has 3 aromatic rings. The number of carbonyl (C=O) groups is 1. The summed E-state index contributed by atoms with van der Waals surface area (Å²) in [6.45, 7) is 3.68. The van der Waals surface area contributed by atoms with Crippen molar-refractivity contribution in [2.45, 2.75) is 20.3 Å². The second-order valence-electron chi connectivity index (χ2n) is 4.90. The topological polar surface area (TPSA) is 114 Å². The van der Waals surface area contributed by atoms with Gasteiger partial charge in [0.1, 0.15) is 5.69 Å². The van der Waals surface area contributed by atoms with Gasteiger partial charge in [0.05, 0.1) is 15.1 Å². The quantitative estimate of drug-likeness (QED) is 0.563. The summed E-state index contributed by atoms with van der Waals surface area (Å²) in [5, 5.41) is 20.4. The van der Waals surface area contributed by atoms with Crippen molar-refractivity contribution in [3.05, 3.63) is 45.3 Å². The smallest absolute Gasteiger partial charge is 0.296 e. The molecule has 0 bridgehead atoms. The molecule has 0 saturated heterocycles. The molecule has 8 nitrogen and oxygen atoms in total. The number of aromatic amines is 1. The largest absolute Gasteiger partial charge is 0.322 e. The Bertz CT molecular complexity index is 914. The van der Waals surface area contributed by atoms with Crippen LogP contribution in [0.4, 0.5) is 10.8 Å². The minimum atomic E-state index is -0.649. The summed E-state index contributed by atoms with van der Waals surface area (Å²) in [6, 6.07) is 5.75. The van der Waals surface area contributed by atoms with Gasteiger partial charge in [-0.15, -0.1) is 0 Å². The predicted octanol–water partition coefficient (Wildman–Crippen LogP) is 3.05. The molecular formula is C14H13N5O3S. The fourth-order valence-corrected chi connectivity index (χ4v) is 3.21. The maximum atomic E-state index is 12.3. The Hall–Kier alpha value is -2.81. The van der Waals surface area contributed by atoms with Gasteiger partial charge in [-0.2, -0.15) is 5.10 Å². The van der Waals surface area contributed by atoms with Gasteiger partial charge < -0.3 is 0 Å². The van der Waals surface area contributed by atoms with Crippen molar-refractivity contribution >= 4 is 38.3 Å². The Morgan fingerprint density at radius 1 is 1.48 bits per heavy atom. The highest BCUT2D eigenvalue weighted by Gasteiger charge is 2.28. The van der Waals surface area contributed by atoms with E-state index < -0.39 is 10.8 Å². The lowest BCUT2D eigenvalue weighted by Gasteiger charge is -1.98. The molecular weight excluding hydrogens is 318 g/mol. The second kappa shape index (κ2) is 5.76. The lowest BCUT2D eigenvalue weighted by Crippen LogP contribution is -2.14. The van der Waals surface area contributed by atoms with Gasteiger partial charge in [0, 0.05) is 0 Å². The number of benzene rings is 1. The van der Waals surface area contributed by atoms with Crippen molar-refractivity contribution in [3.63, 3.8) is 0 Å². The summed E-state index contributed by atoms with van der Waals surface area (Å²) >= 11 is 1.31. The third-order valence-electron chi connectivity index (χ3n) is 3.41. The number of nitrogens with zero attached hydrogens (tertiary/aromatic N) is 3. The van der Waals surface area contributed by atoms with Crippen molar-refractivity contribution in [2.24, 2.45) is 0 Å². The highest BCUT2D eigenvalue weighted by Crippen LogP contribution is 2.29. The maximum Gasteiger partial charge on any atom is 0.322 e. The van der Waals surface area contributed by atoms with Crippen LogP contribution in [0.1, 0.15) is 28.7 Å². The molecule has 0 atom stereocenters. The van der Waals surface area contributed by atoms with Gasteiger partial charge in [-0.3, -0.25) is 25.3 Å². The number of hydrogen-bond donors (Lipinski definition) is 2. The molecule has 0 radical (unpaired) electrons. The van der Waals surface area contributed by atoms with Crippen LogP contribution in [0.15, 0.2) is 18.2 Å². The normalized spacial score (nSPS) is 10.9. The summed E-state index contributed by atoms with van der Waals surface area (Å²) < 4.78 is 0.936. The fraction of sp³-hybridized carbons (Fsp3) is 0.214. The monoisotopic (exact) mass is 331 g/mol. The first-order valence-electron chi connectivity index (χ1n) is 6.90. The van der Waals surface area contributed by atoms with Crippen LogP contribution in [-0.2, 0) is 6.42 Å². The Labute approximate surface area is 134 Å². The summed E-state index contributed by atoms with van der Waals surface area (Å²) in [5.41, 5.74) is 1.60. The zero-order valence-corrected chi connectivity index (χ0v) is 13.2. The van der Waals surface area contributed by atoms with Crippen LogP contribution in [0.3, 0.4) is 0 Å². The third kappa shape index (κ3) is 2.66. The van der Waals surface area contributed by atoms with E-state index in [0.717, 1.165) is 15.8 Å². The number of hydrogen-bond acceptors (Lipinski definition) is 6. The molecule has 0 fully saturated rings. The summed E-state index contributed by atoms with van der Waals surface area (Å²) in [6.07, 6.45) is 0.386. The first-order valence-corrected chi connectivity index (χ1v) is 7.72. The van der Waals surface area contributed by atoms with Crippen LogP contribution < -0.4 is 5.32 Å². The van der Waals surface area contributed by atoms with E-state index >= 15 is 0 Å². The molecule has 0 unspecified atom stereocenters. The number of thiazole rings is 1. The summed E-state index contributed by atoms with van der Waals surface area (Å²) in [5.74, 6) is -0.649. The number of anilines is 1. The van der Waals surface area contributed by atoms with Crippen LogP contribution in [0, 0.1) is 17.0 Å². The average molecular weight is 331 g/mol. The van der Waals surface area contributed by atoms with Crippen molar-refractivity contribution in [1.82, 2.24) is 15.2 Å². The molecule has 3 rings (SSSR count). The van der Waals surface area contributed by atoms with Gasteiger partial charge in [-0.05, 0) is 25.0 Å². The molecule has 0 aliphatic carbocycles. The number of nitrogens with one attached hydrogen (secondary N) is 2. The molecule has 1 amide bonds. The minimum absolute atomic E-state index is 0.233. The zero-order valence-electron chi connectivity index (χ0n) is 12.4. The van der Waals surface area contributed by atoms with E-state index in [2.05, 4.69) is 20.5 Å². The van der Waals surface area contributed by atoms with Gasteiger partial charge in [0.25, 0.3) is 5.91 Å². The van der Waals surface area contributed by atoms with Crippen molar-refractivity contribution < 1.29 is 9.72 Å². The molecule has 0 aliphatic rings. The maximum absolute atomic E-state index is 12.3. The lowest BCUT2D eigenvalue weighted by molar-refractivity contribution is -0.385. The first kappa shape index (κ1) is 15.1. The van der Waals surface area contributed by atoms with Gasteiger partial charge in [-0.1, -0.05) is 30.4 Å². The van der Waals surface area contributed by atoms with E-state index in [1.807, 2.05) is 25.1 Å². The predicted molar refractivity (Wildman–Crippen MR) is 86.9 cm³/mol. The van der Waals surface area contributed by atoms with Crippen molar-refractivity contribution in [3.8, 4) is 0 Å². The molecule has 0 spiro atoms. The van der Waals surface area contributed by atoms with E-state index in [-0.39, 0.29) is 11.4 Å². The number of fused-ring (bicyclic) bond motifs is 1. The number of carbonyl (C=O) groups excluding carboxylic acids is 1. The second-order valence-corrected chi connectivity index (χ2v) is 5.94. The fourth-order valence-electron chi connectivity index (χ4n) is 2.27. The number of para-hydroxylation sites is 1. The van der Waals surface area contributed by atoms with E-state index in [4.69, 9.17) is 0 Å². The standard InChI is InChI=1S/C14H13N5O3S/c1-3-8-12(19(21)22)11(18-17-8)13(20)16-14-15-10-7(2)5-4-6-9(10)23-14/h4-6H,3H2,1-2H3,(H,17,18)(H,15,16,20). The molecule has 1 aromatic carbocycles. The molecule has 0 aliphatic heterocycles. The SMILES string of the molecule is CCc1[nH]nc(C(=O)Nc2nc3c(C)cccc3s2)c1[N+](=O)[O-]. The Balaban J connectivity index is 1.93. The van der Waals surface area contributed by atoms with Crippen molar-refractivity contribution in [2.75, 3.05) is 5.32 Å². The van der Waals surface area contributed by atoms with Gasteiger partial charge >= 0.3 is 5.69 Å². The first-order chi connectivity index (χ1) is 11.0. The van der Waals surface area contributed by atoms with Crippen LogP contribution in [0.25, 0.3) is 10.2 Å². The van der Waals surface area contributed by atoms with E-state index in [0.29, 0.717) is 17.2 Å². The third-order valence-corrected chi connectivity index (χ3v) is 4.34. The molecule has 2 N–H and O–H groups in total. The number of H-pyrrole nitrogens is 1. The van der Waals surface area contributed by atoms with Crippen LogP contribution in [0.5, 0.6) is 0 Å².